The van der Waals surface area contributed by atoms with Gasteiger partial charge < -0.3 is 14.1 Å². The smallest absolute Gasteiger partial charge is 0.399 e. The first-order valence-electron chi connectivity index (χ1n) is 7.13. The Morgan fingerprint density at radius 1 is 0.720 bits per heavy atom. The first-order valence-corrected chi connectivity index (χ1v) is 7.13. The van der Waals surface area contributed by atoms with E-state index in [1.54, 1.807) is 0 Å². The number of hydrogen-bond acceptors (Lipinski definition) is 9. The molecular weight excluding hydrogens is 340 g/mol. The van der Waals surface area contributed by atoms with Crippen LogP contribution in [0.1, 0.15) is 46.8 Å². The Balaban J connectivity index is 1.65. The molecule has 0 unspecified atom stereocenters. The van der Waals surface area contributed by atoms with Crippen LogP contribution in [-0.2, 0) is 28.9 Å². The molecule has 1 aromatic rings. The maximum Gasteiger partial charge on any atom is 0.399 e. The summed E-state index contributed by atoms with van der Waals surface area (Å²) in [4.78, 5) is 78.4. The monoisotopic (exact) mass is 350 g/mol. The number of imide groups is 2. The van der Waals surface area contributed by atoms with Gasteiger partial charge in [-0.3, -0.25) is 19.2 Å². The minimum Gasteiger partial charge on any atom is -0.442 e. The number of rotatable bonds is 4. The highest BCUT2D eigenvalue weighted by Crippen LogP contribution is 2.18. The van der Waals surface area contributed by atoms with E-state index in [0.717, 1.165) is 12.1 Å². The zero-order valence-electron chi connectivity index (χ0n) is 12.6. The number of carbonyl (C=O) groups excluding carboxylic acids is 6. The lowest BCUT2D eigenvalue weighted by Crippen LogP contribution is -2.32. The Kier molecular flexibility index (Phi) is 4.05. The van der Waals surface area contributed by atoms with Crippen molar-refractivity contribution in [1.82, 2.24) is 10.1 Å². The fraction of sp³-hybridized carbons (Fsp3) is 0.286. The highest BCUT2D eigenvalue weighted by molar-refractivity contribution is 6.03. The average molecular weight is 350 g/mol. The van der Waals surface area contributed by atoms with Crippen LogP contribution >= 0.6 is 0 Å². The molecule has 11 heteroatoms. The summed E-state index contributed by atoms with van der Waals surface area (Å²) < 4.78 is 4.92. The zero-order chi connectivity index (χ0) is 18.1. The van der Waals surface area contributed by atoms with Gasteiger partial charge in [0.2, 0.25) is 11.5 Å². The zero-order valence-corrected chi connectivity index (χ0v) is 12.6. The Bertz CT molecular complexity index is 712. The van der Waals surface area contributed by atoms with Crippen LogP contribution in [0.25, 0.3) is 0 Å². The summed E-state index contributed by atoms with van der Waals surface area (Å²) >= 11 is 0. The van der Waals surface area contributed by atoms with Crippen LogP contribution in [-0.4, -0.2) is 45.7 Å². The lowest BCUT2D eigenvalue weighted by Gasteiger charge is -2.11. The molecule has 0 aliphatic carbocycles. The second-order valence-corrected chi connectivity index (χ2v) is 5.09. The molecule has 0 aromatic carbocycles. The summed E-state index contributed by atoms with van der Waals surface area (Å²) in [5, 5.41) is 0.648. The van der Waals surface area contributed by atoms with E-state index in [1.165, 1.54) is 0 Å². The summed E-state index contributed by atoms with van der Waals surface area (Å²) in [6.45, 7) is 0. The first-order chi connectivity index (χ1) is 11.9. The van der Waals surface area contributed by atoms with E-state index in [0.29, 0.717) is 10.1 Å². The van der Waals surface area contributed by atoms with E-state index in [4.69, 9.17) is 4.42 Å². The van der Waals surface area contributed by atoms with Gasteiger partial charge in [-0.05, 0) is 12.1 Å². The van der Waals surface area contributed by atoms with Crippen molar-refractivity contribution in [1.29, 1.82) is 0 Å². The number of hydroxylamine groups is 4. The van der Waals surface area contributed by atoms with Gasteiger partial charge in [-0.1, -0.05) is 0 Å². The Morgan fingerprint density at radius 3 is 1.36 bits per heavy atom. The molecule has 0 spiro atoms. The topological polar surface area (TPSA) is 140 Å². The van der Waals surface area contributed by atoms with Crippen LogP contribution in [0, 0.1) is 0 Å². The van der Waals surface area contributed by atoms with Gasteiger partial charge in [0.1, 0.15) is 0 Å². The molecule has 2 aliphatic rings. The molecule has 2 aliphatic heterocycles. The molecule has 2 fully saturated rings. The van der Waals surface area contributed by atoms with Crippen LogP contribution in [0.15, 0.2) is 16.5 Å². The van der Waals surface area contributed by atoms with E-state index >= 15 is 0 Å². The van der Waals surface area contributed by atoms with Crippen molar-refractivity contribution < 1.29 is 42.9 Å². The highest BCUT2D eigenvalue weighted by Gasteiger charge is 2.35. The average Bonchev–Trinajstić information content (AvgIpc) is 3.26. The molecule has 11 nitrogen and oxygen atoms in total. The van der Waals surface area contributed by atoms with Gasteiger partial charge in [0.15, 0.2) is 0 Å². The largest absolute Gasteiger partial charge is 0.442 e. The van der Waals surface area contributed by atoms with Gasteiger partial charge in [0.05, 0.1) is 0 Å². The Labute approximate surface area is 138 Å². The lowest BCUT2D eigenvalue weighted by atomic mass is 10.4. The molecule has 0 saturated carbocycles. The van der Waals surface area contributed by atoms with Crippen LogP contribution < -0.4 is 0 Å². The van der Waals surface area contributed by atoms with Gasteiger partial charge in [0.25, 0.3) is 23.6 Å². The van der Waals surface area contributed by atoms with Crippen LogP contribution in [0.4, 0.5) is 0 Å². The molecule has 25 heavy (non-hydrogen) atoms. The van der Waals surface area contributed by atoms with Gasteiger partial charge in [-0.15, -0.1) is 10.1 Å². The highest BCUT2D eigenvalue weighted by atomic mass is 16.7. The Hall–Kier alpha value is -3.50. The molecule has 0 bridgehead atoms. The second-order valence-electron chi connectivity index (χ2n) is 5.09. The van der Waals surface area contributed by atoms with Crippen molar-refractivity contribution in [2.45, 2.75) is 25.7 Å². The third-order valence-corrected chi connectivity index (χ3v) is 3.37. The van der Waals surface area contributed by atoms with Crippen molar-refractivity contribution in [3.8, 4) is 0 Å². The Morgan fingerprint density at radius 2 is 1.04 bits per heavy atom. The number of amides is 4. The standard InChI is InChI=1S/C14H10N2O9/c17-9-3-4-10(18)15(9)24-13(21)7-1-2-8(23-7)14(22)25-16-11(19)5-6-12(16)20/h1-2H,3-6H2. The maximum absolute atomic E-state index is 11.8. The quantitative estimate of drug-likeness (QED) is 0.670. The molecule has 3 heterocycles. The molecular formula is C14H10N2O9. The normalized spacial score (nSPS) is 17.4. The minimum absolute atomic E-state index is 0.0697. The summed E-state index contributed by atoms with van der Waals surface area (Å²) in [5.41, 5.74) is 0. The lowest BCUT2D eigenvalue weighted by molar-refractivity contribution is -0.173. The van der Waals surface area contributed by atoms with Crippen molar-refractivity contribution in [3.63, 3.8) is 0 Å². The van der Waals surface area contributed by atoms with Crippen LogP contribution in [0.2, 0.25) is 0 Å². The van der Waals surface area contributed by atoms with Crippen molar-refractivity contribution >= 4 is 35.6 Å². The number of hydrogen-bond donors (Lipinski definition) is 0. The predicted octanol–water partition coefficient (Wildman–Crippen LogP) is -0.279. The molecule has 3 rings (SSSR count). The molecule has 4 amide bonds. The predicted molar refractivity (Wildman–Crippen MR) is 71.7 cm³/mol. The minimum atomic E-state index is -1.17. The van der Waals surface area contributed by atoms with Gasteiger partial charge in [0, 0.05) is 25.7 Å². The molecule has 0 N–H and O–H groups in total. The van der Waals surface area contributed by atoms with Crippen molar-refractivity contribution in [3.05, 3.63) is 23.7 Å². The molecule has 130 valence electrons. The molecule has 0 radical (unpaired) electrons. The van der Waals surface area contributed by atoms with E-state index in [1.807, 2.05) is 0 Å². The second kappa shape index (κ2) is 6.19. The summed E-state index contributed by atoms with van der Waals surface area (Å²) in [6.07, 6.45) is -0.279. The number of furan rings is 1. The first kappa shape index (κ1) is 16.4. The van der Waals surface area contributed by atoms with Crippen LogP contribution in [0.3, 0.4) is 0 Å². The van der Waals surface area contributed by atoms with E-state index in [-0.39, 0.29) is 25.7 Å². The number of nitrogens with zero attached hydrogens (tertiary/aromatic N) is 2. The summed E-state index contributed by atoms with van der Waals surface area (Å²) in [6, 6.07) is 2.11. The SMILES string of the molecule is O=C(ON1C(=O)CCC1=O)c1ccc(C(=O)ON2C(=O)CCC2=O)o1. The fourth-order valence-corrected chi connectivity index (χ4v) is 2.13. The van der Waals surface area contributed by atoms with Gasteiger partial charge in [-0.25, -0.2) is 9.59 Å². The van der Waals surface area contributed by atoms with E-state index in [2.05, 4.69) is 9.68 Å². The van der Waals surface area contributed by atoms with Gasteiger partial charge >= 0.3 is 11.9 Å². The molecule has 1 aromatic heterocycles. The van der Waals surface area contributed by atoms with E-state index in [9.17, 15) is 28.8 Å². The third-order valence-electron chi connectivity index (χ3n) is 3.37. The van der Waals surface area contributed by atoms with Gasteiger partial charge in [-0.2, -0.15) is 0 Å². The van der Waals surface area contributed by atoms with E-state index < -0.39 is 47.1 Å². The number of carbonyl (C=O) groups is 6. The fourth-order valence-electron chi connectivity index (χ4n) is 2.13. The molecule has 2 saturated heterocycles. The summed E-state index contributed by atoms with van der Waals surface area (Å²) in [5.74, 6) is -5.97. The maximum atomic E-state index is 11.8. The van der Waals surface area contributed by atoms with Crippen LogP contribution in [0.5, 0.6) is 0 Å². The summed E-state index contributed by atoms with van der Waals surface area (Å²) in [7, 11) is 0. The van der Waals surface area contributed by atoms with Crippen molar-refractivity contribution in [2.75, 3.05) is 0 Å². The third kappa shape index (κ3) is 3.11. The van der Waals surface area contributed by atoms with Crippen molar-refractivity contribution in [2.24, 2.45) is 0 Å². The molecule has 0 atom stereocenters.